The summed E-state index contributed by atoms with van der Waals surface area (Å²) >= 11 is 0. The van der Waals surface area contributed by atoms with Gasteiger partial charge in [-0.1, -0.05) is 36.4 Å². The van der Waals surface area contributed by atoms with Crippen molar-refractivity contribution in [2.75, 3.05) is 13.2 Å². The maximum absolute atomic E-state index is 12.7. The number of aliphatic hydroxyl groups excluding tert-OH is 2. The third-order valence-electron chi connectivity index (χ3n) is 4.58. The van der Waals surface area contributed by atoms with Crippen molar-refractivity contribution in [3.05, 3.63) is 47.5 Å². The molecule has 11 nitrogen and oxygen atoms in total. The molecule has 0 aromatic heterocycles. The summed E-state index contributed by atoms with van der Waals surface area (Å²) in [5, 5.41) is 33.6. The van der Waals surface area contributed by atoms with Crippen LogP contribution in [0, 0.1) is 0 Å². The summed E-state index contributed by atoms with van der Waals surface area (Å²) in [7, 11) is 0. The zero-order chi connectivity index (χ0) is 23.0. The number of nitrogens with two attached hydrogens (primary N) is 1. The number of primary amides is 1. The number of carboxylic acids is 1. The van der Waals surface area contributed by atoms with Crippen LogP contribution < -0.4 is 16.4 Å². The van der Waals surface area contributed by atoms with Crippen LogP contribution in [0.15, 0.2) is 42.0 Å². The van der Waals surface area contributed by atoms with Crippen LogP contribution >= 0.6 is 0 Å². The van der Waals surface area contributed by atoms with Crippen LogP contribution in [-0.4, -0.2) is 76.5 Å². The highest BCUT2D eigenvalue weighted by Gasteiger charge is 2.34. The molecule has 0 spiro atoms. The SMILES string of the molecule is NC(=O)C(Cc1ccccc1)NC(=O)C1=CC(NC(=O)COCC(=O)O)C(O)C(O)C1. The number of rotatable bonds is 10. The van der Waals surface area contributed by atoms with Crippen LogP contribution in [0.5, 0.6) is 0 Å². The third kappa shape index (κ3) is 7.48. The molecule has 4 atom stereocenters. The van der Waals surface area contributed by atoms with Gasteiger partial charge in [-0.3, -0.25) is 14.4 Å². The van der Waals surface area contributed by atoms with Crippen LogP contribution in [0.3, 0.4) is 0 Å². The predicted molar refractivity (Wildman–Crippen MR) is 106 cm³/mol. The monoisotopic (exact) mass is 435 g/mol. The number of benzene rings is 1. The van der Waals surface area contributed by atoms with Crippen molar-refractivity contribution in [3.8, 4) is 0 Å². The Kier molecular flexibility index (Phi) is 8.67. The molecule has 0 radical (unpaired) electrons. The van der Waals surface area contributed by atoms with Crippen molar-refractivity contribution >= 4 is 23.7 Å². The highest BCUT2D eigenvalue weighted by atomic mass is 16.5. The van der Waals surface area contributed by atoms with E-state index in [1.54, 1.807) is 24.3 Å². The Bertz CT molecular complexity index is 842. The van der Waals surface area contributed by atoms with Crippen molar-refractivity contribution in [3.63, 3.8) is 0 Å². The minimum absolute atomic E-state index is 0.0499. The van der Waals surface area contributed by atoms with E-state index >= 15 is 0 Å². The van der Waals surface area contributed by atoms with Gasteiger partial charge in [-0.25, -0.2) is 4.79 Å². The second-order valence-electron chi connectivity index (χ2n) is 7.05. The summed E-state index contributed by atoms with van der Waals surface area (Å²) in [5.41, 5.74) is 6.23. The minimum Gasteiger partial charge on any atom is -0.480 e. The topological polar surface area (TPSA) is 188 Å². The lowest BCUT2D eigenvalue weighted by molar-refractivity contribution is -0.144. The van der Waals surface area contributed by atoms with Gasteiger partial charge >= 0.3 is 5.97 Å². The van der Waals surface area contributed by atoms with Gasteiger partial charge in [0.05, 0.1) is 12.1 Å². The number of carbonyl (C=O) groups excluding carboxylic acids is 3. The molecule has 1 aromatic rings. The largest absolute Gasteiger partial charge is 0.480 e. The number of aliphatic carboxylic acids is 1. The van der Waals surface area contributed by atoms with Crippen molar-refractivity contribution in [2.45, 2.75) is 37.1 Å². The molecule has 1 aromatic carbocycles. The Labute approximate surface area is 177 Å². The number of hydrogen-bond acceptors (Lipinski definition) is 7. The lowest BCUT2D eigenvalue weighted by Gasteiger charge is -2.31. The second kappa shape index (κ2) is 11.2. The average molecular weight is 435 g/mol. The van der Waals surface area contributed by atoms with Crippen LogP contribution in [-0.2, 0) is 30.3 Å². The first-order valence-corrected chi connectivity index (χ1v) is 9.47. The third-order valence-corrected chi connectivity index (χ3v) is 4.58. The number of nitrogens with one attached hydrogen (secondary N) is 2. The Morgan fingerprint density at radius 3 is 2.42 bits per heavy atom. The van der Waals surface area contributed by atoms with Crippen LogP contribution in [0.25, 0.3) is 0 Å². The fourth-order valence-corrected chi connectivity index (χ4v) is 3.05. The summed E-state index contributed by atoms with van der Waals surface area (Å²) in [5.74, 6) is -3.41. The number of hydrogen-bond donors (Lipinski definition) is 6. The van der Waals surface area contributed by atoms with Gasteiger partial charge in [0.15, 0.2) is 0 Å². The van der Waals surface area contributed by atoms with E-state index in [0.717, 1.165) is 5.56 Å². The lowest BCUT2D eigenvalue weighted by Crippen LogP contribution is -2.53. The van der Waals surface area contributed by atoms with Gasteiger partial charge in [0, 0.05) is 18.4 Å². The number of aliphatic hydroxyl groups is 2. The number of ether oxygens (including phenoxy) is 1. The van der Waals surface area contributed by atoms with E-state index in [1.807, 2.05) is 6.07 Å². The fourth-order valence-electron chi connectivity index (χ4n) is 3.05. The molecule has 4 unspecified atom stereocenters. The first-order valence-electron chi connectivity index (χ1n) is 9.47. The molecular weight excluding hydrogens is 410 g/mol. The quantitative estimate of drug-likeness (QED) is 0.239. The van der Waals surface area contributed by atoms with Crippen LogP contribution in [0.4, 0.5) is 0 Å². The second-order valence-corrected chi connectivity index (χ2v) is 7.05. The Morgan fingerprint density at radius 2 is 1.81 bits per heavy atom. The zero-order valence-corrected chi connectivity index (χ0v) is 16.6. The summed E-state index contributed by atoms with van der Waals surface area (Å²) < 4.78 is 4.66. The maximum atomic E-state index is 12.7. The molecule has 0 heterocycles. The fraction of sp³-hybridized carbons (Fsp3) is 0.400. The van der Waals surface area contributed by atoms with Gasteiger partial charge in [0.25, 0.3) is 0 Å². The molecule has 3 amide bonds. The summed E-state index contributed by atoms with van der Waals surface area (Å²) in [4.78, 5) is 46.7. The molecule has 168 valence electrons. The first kappa shape index (κ1) is 24.0. The molecule has 11 heteroatoms. The molecule has 1 aliphatic carbocycles. The highest BCUT2D eigenvalue weighted by Crippen LogP contribution is 2.20. The molecular formula is C20H25N3O8. The predicted octanol–water partition coefficient (Wildman–Crippen LogP) is -2.16. The van der Waals surface area contributed by atoms with Crippen molar-refractivity contribution in [1.29, 1.82) is 0 Å². The van der Waals surface area contributed by atoms with E-state index in [0.29, 0.717) is 0 Å². The van der Waals surface area contributed by atoms with E-state index in [2.05, 4.69) is 15.4 Å². The summed E-state index contributed by atoms with van der Waals surface area (Å²) in [6.45, 7) is -1.26. The zero-order valence-electron chi connectivity index (χ0n) is 16.6. The average Bonchev–Trinajstić information content (AvgIpc) is 2.71. The Hall–Kier alpha value is -3.28. The highest BCUT2D eigenvalue weighted by molar-refractivity contribution is 5.97. The van der Waals surface area contributed by atoms with E-state index in [-0.39, 0.29) is 18.4 Å². The molecule has 0 aliphatic heterocycles. The van der Waals surface area contributed by atoms with Gasteiger partial charge in [-0.2, -0.15) is 0 Å². The molecule has 0 saturated carbocycles. The van der Waals surface area contributed by atoms with Crippen LogP contribution in [0.1, 0.15) is 12.0 Å². The standard InChI is InChI=1S/C20H25N3O8/c21-19(29)14(6-11-4-2-1-3-5-11)23-20(30)12-7-13(18(28)15(24)8-12)22-16(25)9-31-10-17(26)27/h1-5,7,13-15,18,24,28H,6,8-10H2,(H2,21,29)(H,22,25)(H,23,30)(H,26,27). The van der Waals surface area contributed by atoms with Gasteiger partial charge in [-0.05, 0) is 5.56 Å². The maximum Gasteiger partial charge on any atom is 0.329 e. The minimum atomic E-state index is -1.39. The normalized spacial score (nSPS) is 21.5. The first-order chi connectivity index (χ1) is 14.7. The van der Waals surface area contributed by atoms with E-state index in [9.17, 15) is 29.4 Å². The van der Waals surface area contributed by atoms with Crippen molar-refractivity contribution < 1.29 is 39.2 Å². The summed E-state index contributed by atoms with van der Waals surface area (Å²) in [6, 6.07) is 6.81. The van der Waals surface area contributed by atoms with E-state index in [4.69, 9.17) is 10.8 Å². The number of amides is 3. The Morgan fingerprint density at radius 1 is 1.13 bits per heavy atom. The van der Waals surface area contributed by atoms with Gasteiger partial charge < -0.3 is 36.4 Å². The van der Waals surface area contributed by atoms with E-state index < -0.39 is 61.2 Å². The van der Waals surface area contributed by atoms with Crippen LogP contribution in [0.2, 0.25) is 0 Å². The van der Waals surface area contributed by atoms with Crippen molar-refractivity contribution in [2.24, 2.45) is 5.73 Å². The molecule has 0 bridgehead atoms. The lowest BCUT2D eigenvalue weighted by atomic mass is 9.89. The van der Waals surface area contributed by atoms with E-state index in [1.165, 1.54) is 6.08 Å². The molecule has 0 saturated heterocycles. The smallest absolute Gasteiger partial charge is 0.329 e. The molecule has 0 fully saturated rings. The van der Waals surface area contributed by atoms with Gasteiger partial charge in [-0.15, -0.1) is 0 Å². The number of carboxylic acid groups (broad SMARTS) is 1. The number of carbonyl (C=O) groups is 4. The van der Waals surface area contributed by atoms with Gasteiger partial charge in [0.1, 0.15) is 25.4 Å². The Balaban J connectivity index is 2.05. The summed E-state index contributed by atoms with van der Waals surface area (Å²) in [6.07, 6.45) is -1.51. The van der Waals surface area contributed by atoms with Gasteiger partial charge in [0.2, 0.25) is 17.7 Å². The molecule has 31 heavy (non-hydrogen) atoms. The molecule has 7 N–H and O–H groups in total. The molecule has 2 rings (SSSR count). The van der Waals surface area contributed by atoms with Crippen molar-refractivity contribution in [1.82, 2.24) is 10.6 Å². The molecule has 1 aliphatic rings.